The minimum Gasteiger partial charge on any atom is -0.383 e. The van der Waals surface area contributed by atoms with Crippen LogP contribution in [0.4, 0.5) is 5.69 Å². The molecular weight excluding hydrogens is 280 g/mol. The van der Waals surface area contributed by atoms with Crippen molar-refractivity contribution in [2.24, 2.45) is 5.92 Å². The van der Waals surface area contributed by atoms with E-state index in [2.05, 4.69) is 15.7 Å². The number of rotatable bonds is 7. The number of hydrogen-bond donors (Lipinski definition) is 2. The van der Waals surface area contributed by atoms with Crippen molar-refractivity contribution in [3.63, 3.8) is 0 Å². The predicted octanol–water partition coefficient (Wildman–Crippen LogP) is 1.28. The molecule has 1 aliphatic heterocycles. The van der Waals surface area contributed by atoms with Crippen LogP contribution in [0.25, 0.3) is 0 Å². The smallest absolute Gasteiger partial charge is 0.224 e. The third-order valence-electron chi connectivity index (χ3n) is 3.38. The Hall–Kier alpha value is -1.11. The van der Waals surface area contributed by atoms with E-state index >= 15 is 0 Å². The number of nitrogens with one attached hydrogen (secondary N) is 2. The molecule has 2 rings (SSSR count). The van der Waals surface area contributed by atoms with Crippen molar-refractivity contribution in [1.82, 2.24) is 15.1 Å². The lowest BCUT2D eigenvalue weighted by molar-refractivity contribution is -0.116. The van der Waals surface area contributed by atoms with Crippen LogP contribution >= 0.6 is 12.4 Å². The van der Waals surface area contributed by atoms with Gasteiger partial charge in [0.05, 0.1) is 25.0 Å². The summed E-state index contributed by atoms with van der Waals surface area (Å²) >= 11 is 0. The van der Waals surface area contributed by atoms with Gasteiger partial charge in [-0.15, -0.1) is 12.4 Å². The number of anilines is 1. The molecule has 0 radical (unpaired) electrons. The van der Waals surface area contributed by atoms with Crippen LogP contribution < -0.4 is 10.6 Å². The highest BCUT2D eigenvalue weighted by atomic mass is 35.5. The molecule has 1 atom stereocenters. The number of carbonyl (C=O) groups excluding carboxylic acids is 1. The molecule has 1 amide bonds. The monoisotopic (exact) mass is 302 g/mol. The molecule has 6 nitrogen and oxygen atoms in total. The second kappa shape index (κ2) is 8.94. The highest BCUT2D eigenvalue weighted by Gasteiger charge is 2.15. The zero-order valence-electron chi connectivity index (χ0n) is 11.8. The summed E-state index contributed by atoms with van der Waals surface area (Å²) in [6, 6.07) is 0. The Morgan fingerprint density at radius 3 is 3.20 bits per heavy atom. The molecule has 1 fully saturated rings. The van der Waals surface area contributed by atoms with Crippen molar-refractivity contribution in [1.29, 1.82) is 0 Å². The first-order valence-corrected chi connectivity index (χ1v) is 6.80. The van der Waals surface area contributed by atoms with Gasteiger partial charge in [0.2, 0.25) is 5.91 Å². The third-order valence-corrected chi connectivity index (χ3v) is 3.38. The average molecular weight is 303 g/mol. The van der Waals surface area contributed by atoms with Crippen LogP contribution in [-0.4, -0.2) is 42.5 Å². The summed E-state index contributed by atoms with van der Waals surface area (Å²) in [5, 5.41) is 10.3. The maximum atomic E-state index is 11.8. The van der Waals surface area contributed by atoms with Crippen molar-refractivity contribution in [2.75, 3.05) is 32.1 Å². The highest BCUT2D eigenvalue weighted by molar-refractivity contribution is 5.90. The highest BCUT2D eigenvalue weighted by Crippen LogP contribution is 2.15. The van der Waals surface area contributed by atoms with Gasteiger partial charge in [-0.3, -0.25) is 9.48 Å². The van der Waals surface area contributed by atoms with E-state index in [0.717, 1.165) is 25.2 Å². The first kappa shape index (κ1) is 16.9. The van der Waals surface area contributed by atoms with Gasteiger partial charge in [-0.2, -0.15) is 5.10 Å². The molecule has 1 aliphatic rings. The second-order valence-corrected chi connectivity index (χ2v) is 4.93. The van der Waals surface area contributed by atoms with Crippen LogP contribution in [0, 0.1) is 5.92 Å². The summed E-state index contributed by atoms with van der Waals surface area (Å²) in [5.74, 6) is 0.716. The number of aromatic nitrogens is 2. The first-order chi connectivity index (χ1) is 9.28. The van der Waals surface area contributed by atoms with Gasteiger partial charge in [0.15, 0.2) is 0 Å². The summed E-state index contributed by atoms with van der Waals surface area (Å²) in [6.45, 7) is 3.44. The molecule has 0 spiro atoms. The molecule has 7 heteroatoms. The lowest BCUT2D eigenvalue weighted by Gasteiger charge is -2.07. The summed E-state index contributed by atoms with van der Waals surface area (Å²) in [4.78, 5) is 11.8. The van der Waals surface area contributed by atoms with E-state index in [0.29, 0.717) is 25.5 Å². The van der Waals surface area contributed by atoms with Gasteiger partial charge in [0.25, 0.3) is 0 Å². The predicted molar refractivity (Wildman–Crippen MR) is 80.2 cm³/mol. The van der Waals surface area contributed by atoms with E-state index in [-0.39, 0.29) is 18.3 Å². The lowest BCUT2D eigenvalue weighted by atomic mass is 10.0. The number of hydrogen-bond acceptors (Lipinski definition) is 4. The molecule has 114 valence electrons. The quantitative estimate of drug-likeness (QED) is 0.796. The van der Waals surface area contributed by atoms with E-state index in [1.165, 1.54) is 6.42 Å². The average Bonchev–Trinajstić information content (AvgIpc) is 3.05. The van der Waals surface area contributed by atoms with Crippen molar-refractivity contribution < 1.29 is 9.53 Å². The Bertz CT molecular complexity index is 405. The number of methoxy groups -OCH3 is 1. The molecule has 1 saturated heterocycles. The van der Waals surface area contributed by atoms with Crippen molar-refractivity contribution in [3.05, 3.63) is 12.4 Å². The van der Waals surface area contributed by atoms with Crippen LogP contribution in [0.15, 0.2) is 12.4 Å². The van der Waals surface area contributed by atoms with E-state index < -0.39 is 0 Å². The number of amides is 1. The number of carbonyl (C=O) groups is 1. The van der Waals surface area contributed by atoms with Gasteiger partial charge in [0.1, 0.15) is 0 Å². The Morgan fingerprint density at radius 1 is 1.65 bits per heavy atom. The molecule has 0 aromatic carbocycles. The van der Waals surface area contributed by atoms with Gasteiger partial charge in [-0.25, -0.2) is 0 Å². The summed E-state index contributed by atoms with van der Waals surface area (Å²) < 4.78 is 6.74. The normalized spacial score (nSPS) is 17.8. The Morgan fingerprint density at radius 2 is 2.50 bits per heavy atom. The maximum Gasteiger partial charge on any atom is 0.224 e. The first-order valence-electron chi connectivity index (χ1n) is 6.80. The van der Waals surface area contributed by atoms with Crippen LogP contribution in [-0.2, 0) is 16.1 Å². The number of halogens is 1. The topological polar surface area (TPSA) is 68.2 Å². The van der Waals surface area contributed by atoms with E-state index in [1.54, 1.807) is 18.0 Å². The molecule has 0 aliphatic carbocycles. The van der Waals surface area contributed by atoms with E-state index in [1.807, 2.05) is 6.20 Å². The van der Waals surface area contributed by atoms with Crippen LogP contribution in [0.1, 0.15) is 19.3 Å². The lowest BCUT2D eigenvalue weighted by Crippen LogP contribution is -2.14. The minimum atomic E-state index is 0. The van der Waals surface area contributed by atoms with Gasteiger partial charge in [0, 0.05) is 19.7 Å². The summed E-state index contributed by atoms with van der Waals surface area (Å²) in [6.07, 6.45) is 6.22. The molecule has 0 saturated carbocycles. The fraction of sp³-hybridized carbons (Fsp3) is 0.692. The fourth-order valence-corrected chi connectivity index (χ4v) is 2.25. The molecule has 1 aromatic rings. The van der Waals surface area contributed by atoms with Crippen LogP contribution in [0.5, 0.6) is 0 Å². The minimum absolute atomic E-state index is 0. The van der Waals surface area contributed by atoms with Gasteiger partial charge in [-0.1, -0.05) is 0 Å². The second-order valence-electron chi connectivity index (χ2n) is 4.93. The number of ether oxygens (including phenoxy) is 1. The van der Waals surface area contributed by atoms with E-state index in [4.69, 9.17) is 4.74 Å². The largest absolute Gasteiger partial charge is 0.383 e. The molecule has 2 heterocycles. The van der Waals surface area contributed by atoms with E-state index in [9.17, 15) is 4.79 Å². The SMILES string of the molecule is COCCn1cc(NC(=O)CCC2CCNC2)cn1.Cl. The Labute approximate surface area is 125 Å². The Balaban J connectivity index is 0.00000200. The van der Waals surface area contributed by atoms with Crippen molar-refractivity contribution >= 4 is 24.0 Å². The van der Waals surface area contributed by atoms with Crippen molar-refractivity contribution in [2.45, 2.75) is 25.8 Å². The third kappa shape index (κ3) is 5.48. The van der Waals surface area contributed by atoms with Crippen LogP contribution in [0.2, 0.25) is 0 Å². The maximum absolute atomic E-state index is 11.8. The fourth-order valence-electron chi connectivity index (χ4n) is 2.25. The summed E-state index contributed by atoms with van der Waals surface area (Å²) in [7, 11) is 1.66. The molecule has 2 N–H and O–H groups in total. The standard InChI is InChI=1S/C13H22N4O2.ClH/c1-19-7-6-17-10-12(9-15-17)16-13(18)3-2-11-4-5-14-8-11;/h9-11,14H,2-8H2,1H3,(H,16,18);1H. The zero-order valence-corrected chi connectivity index (χ0v) is 12.6. The van der Waals surface area contributed by atoms with Gasteiger partial charge in [-0.05, 0) is 31.8 Å². The molecular formula is C13H23ClN4O2. The zero-order chi connectivity index (χ0) is 13.5. The Kier molecular flexibility index (Phi) is 7.58. The molecule has 1 aromatic heterocycles. The summed E-state index contributed by atoms with van der Waals surface area (Å²) in [5.41, 5.74) is 0.755. The molecule has 20 heavy (non-hydrogen) atoms. The van der Waals surface area contributed by atoms with Crippen molar-refractivity contribution in [3.8, 4) is 0 Å². The van der Waals surface area contributed by atoms with Gasteiger partial charge < -0.3 is 15.4 Å². The number of nitrogens with zero attached hydrogens (tertiary/aromatic N) is 2. The molecule has 1 unspecified atom stereocenters. The molecule has 0 bridgehead atoms. The van der Waals surface area contributed by atoms with Crippen LogP contribution in [0.3, 0.4) is 0 Å². The van der Waals surface area contributed by atoms with Gasteiger partial charge >= 0.3 is 0 Å².